The molecule has 0 aromatic carbocycles. The predicted octanol–water partition coefficient (Wildman–Crippen LogP) is 1.23. The maximum Gasteiger partial charge on any atom is 0.224 e. The Bertz CT molecular complexity index is 160. The van der Waals surface area contributed by atoms with Crippen molar-refractivity contribution in [3.05, 3.63) is 0 Å². The summed E-state index contributed by atoms with van der Waals surface area (Å²) in [6, 6.07) is 0.260. The van der Waals surface area contributed by atoms with Gasteiger partial charge in [0.2, 0.25) is 5.91 Å². The van der Waals surface area contributed by atoms with E-state index in [4.69, 9.17) is 5.73 Å². The van der Waals surface area contributed by atoms with E-state index in [1.54, 1.807) is 11.8 Å². The lowest BCUT2D eigenvalue weighted by Gasteiger charge is -2.17. The third-order valence-electron chi connectivity index (χ3n) is 2.29. The second-order valence-electron chi connectivity index (χ2n) is 3.53. The Morgan fingerprint density at radius 2 is 2.21 bits per heavy atom. The Morgan fingerprint density at radius 1 is 1.57 bits per heavy atom. The van der Waals surface area contributed by atoms with Gasteiger partial charge in [-0.05, 0) is 31.8 Å². The van der Waals surface area contributed by atoms with E-state index >= 15 is 0 Å². The zero-order valence-electron chi connectivity index (χ0n) is 9.38. The van der Waals surface area contributed by atoms with E-state index < -0.39 is 0 Å². The van der Waals surface area contributed by atoms with Gasteiger partial charge in [-0.3, -0.25) is 4.79 Å². The van der Waals surface area contributed by atoms with Gasteiger partial charge in [0.05, 0.1) is 0 Å². The van der Waals surface area contributed by atoms with Gasteiger partial charge in [0.25, 0.3) is 0 Å². The molecule has 0 aromatic rings. The SMILES string of the molecule is CCC(CN)C(=O)NC(C)CCSC. The summed E-state index contributed by atoms with van der Waals surface area (Å²) >= 11 is 1.80. The van der Waals surface area contributed by atoms with Crippen LogP contribution < -0.4 is 11.1 Å². The third-order valence-corrected chi connectivity index (χ3v) is 2.94. The predicted molar refractivity (Wildman–Crippen MR) is 63.4 cm³/mol. The van der Waals surface area contributed by atoms with Crippen molar-refractivity contribution in [1.82, 2.24) is 5.32 Å². The van der Waals surface area contributed by atoms with Crippen molar-refractivity contribution < 1.29 is 4.79 Å². The van der Waals surface area contributed by atoms with Crippen molar-refractivity contribution in [2.75, 3.05) is 18.6 Å². The van der Waals surface area contributed by atoms with E-state index in [2.05, 4.69) is 11.6 Å². The number of thioether (sulfide) groups is 1. The first kappa shape index (κ1) is 13.8. The molecule has 0 bridgehead atoms. The molecule has 0 rings (SSSR count). The number of carbonyl (C=O) groups excluding carboxylic acids is 1. The minimum Gasteiger partial charge on any atom is -0.353 e. The van der Waals surface area contributed by atoms with E-state index in [0.29, 0.717) is 6.54 Å². The average Bonchev–Trinajstić information content (AvgIpc) is 2.16. The quantitative estimate of drug-likeness (QED) is 0.676. The highest BCUT2D eigenvalue weighted by molar-refractivity contribution is 7.98. The fourth-order valence-electron chi connectivity index (χ4n) is 1.19. The molecule has 0 radical (unpaired) electrons. The molecule has 14 heavy (non-hydrogen) atoms. The van der Waals surface area contributed by atoms with Crippen LogP contribution in [0.5, 0.6) is 0 Å². The zero-order valence-corrected chi connectivity index (χ0v) is 10.2. The van der Waals surface area contributed by atoms with Gasteiger partial charge in [0, 0.05) is 18.5 Å². The molecule has 0 heterocycles. The van der Waals surface area contributed by atoms with Crippen molar-refractivity contribution in [3.8, 4) is 0 Å². The summed E-state index contributed by atoms with van der Waals surface area (Å²) in [6.45, 7) is 4.47. The Balaban J connectivity index is 3.79. The first-order chi connectivity index (χ1) is 6.65. The van der Waals surface area contributed by atoms with Gasteiger partial charge < -0.3 is 11.1 Å². The summed E-state index contributed by atoms with van der Waals surface area (Å²) in [5.41, 5.74) is 5.50. The largest absolute Gasteiger partial charge is 0.353 e. The molecule has 84 valence electrons. The highest BCUT2D eigenvalue weighted by Gasteiger charge is 2.15. The van der Waals surface area contributed by atoms with Crippen LogP contribution in [-0.2, 0) is 4.79 Å². The summed E-state index contributed by atoms with van der Waals surface area (Å²) in [5, 5.41) is 2.98. The monoisotopic (exact) mass is 218 g/mol. The molecule has 0 fully saturated rings. The second-order valence-corrected chi connectivity index (χ2v) is 4.52. The summed E-state index contributed by atoms with van der Waals surface area (Å²) in [6.07, 6.45) is 3.91. The van der Waals surface area contributed by atoms with Crippen molar-refractivity contribution in [2.45, 2.75) is 32.7 Å². The van der Waals surface area contributed by atoms with Gasteiger partial charge in [-0.2, -0.15) is 11.8 Å². The van der Waals surface area contributed by atoms with Crippen molar-refractivity contribution >= 4 is 17.7 Å². The zero-order chi connectivity index (χ0) is 11.0. The molecule has 2 atom stereocenters. The van der Waals surface area contributed by atoms with Crippen LogP contribution in [0, 0.1) is 5.92 Å². The van der Waals surface area contributed by atoms with Crippen LogP contribution in [0.3, 0.4) is 0 Å². The molecule has 0 aliphatic carbocycles. The maximum atomic E-state index is 11.6. The van der Waals surface area contributed by atoms with Gasteiger partial charge in [-0.1, -0.05) is 6.92 Å². The molecular formula is C10H22N2OS. The third kappa shape index (κ3) is 5.50. The molecule has 3 nitrogen and oxygen atoms in total. The molecule has 0 aliphatic rings. The number of nitrogens with two attached hydrogens (primary N) is 1. The molecule has 4 heteroatoms. The number of hydrogen-bond donors (Lipinski definition) is 2. The highest BCUT2D eigenvalue weighted by Crippen LogP contribution is 2.03. The minimum atomic E-state index is -0.0215. The molecule has 1 amide bonds. The van der Waals surface area contributed by atoms with Crippen LogP contribution in [0.25, 0.3) is 0 Å². The van der Waals surface area contributed by atoms with Crippen molar-refractivity contribution in [3.63, 3.8) is 0 Å². The minimum absolute atomic E-state index is 0.0215. The molecule has 0 saturated heterocycles. The lowest BCUT2D eigenvalue weighted by molar-refractivity contribution is -0.125. The van der Waals surface area contributed by atoms with E-state index in [0.717, 1.165) is 18.6 Å². The fourth-order valence-corrected chi connectivity index (χ4v) is 1.78. The Labute approximate surface area is 91.2 Å². The van der Waals surface area contributed by atoms with Crippen LogP contribution in [0.2, 0.25) is 0 Å². The number of rotatable bonds is 7. The highest BCUT2D eigenvalue weighted by atomic mass is 32.2. The van der Waals surface area contributed by atoms with E-state index in [1.807, 2.05) is 13.8 Å². The lowest BCUT2D eigenvalue weighted by Crippen LogP contribution is -2.40. The molecule has 0 aliphatic heterocycles. The summed E-state index contributed by atoms with van der Waals surface area (Å²) < 4.78 is 0. The maximum absolute atomic E-state index is 11.6. The van der Waals surface area contributed by atoms with Crippen LogP contribution in [0.4, 0.5) is 0 Å². The van der Waals surface area contributed by atoms with Crippen LogP contribution in [-0.4, -0.2) is 30.5 Å². The topological polar surface area (TPSA) is 55.1 Å². The first-order valence-electron chi connectivity index (χ1n) is 5.15. The Kier molecular flexibility index (Phi) is 7.99. The van der Waals surface area contributed by atoms with E-state index in [9.17, 15) is 4.79 Å². The van der Waals surface area contributed by atoms with Crippen LogP contribution in [0.1, 0.15) is 26.7 Å². The average molecular weight is 218 g/mol. The Hall–Kier alpha value is -0.220. The molecular weight excluding hydrogens is 196 g/mol. The molecule has 2 unspecified atom stereocenters. The van der Waals surface area contributed by atoms with Crippen molar-refractivity contribution in [2.24, 2.45) is 11.7 Å². The standard InChI is InChI=1S/C10H22N2OS/c1-4-9(7-11)10(13)12-8(2)5-6-14-3/h8-9H,4-7,11H2,1-3H3,(H,12,13). The van der Waals surface area contributed by atoms with Crippen LogP contribution >= 0.6 is 11.8 Å². The summed E-state index contributed by atoms with van der Waals surface area (Å²) in [4.78, 5) is 11.6. The summed E-state index contributed by atoms with van der Waals surface area (Å²) in [5.74, 6) is 1.16. The van der Waals surface area contributed by atoms with E-state index in [1.165, 1.54) is 0 Å². The second kappa shape index (κ2) is 8.12. The molecule has 0 saturated carbocycles. The van der Waals surface area contributed by atoms with E-state index in [-0.39, 0.29) is 17.9 Å². The first-order valence-corrected chi connectivity index (χ1v) is 6.54. The van der Waals surface area contributed by atoms with Gasteiger partial charge in [0.15, 0.2) is 0 Å². The van der Waals surface area contributed by atoms with Gasteiger partial charge in [-0.25, -0.2) is 0 Å². The molecule has 0 spiro atoms. The van der Waals surface area contributed by atoms with Crippen LogP contribution in [0.15, 0.2) is 0 Å². The smallest absolute Gasteiger partial charge is 0.224 e. The number of amides is 1. The normalized spacial score (nSPS) is 14.9. The fraction of sp³-hybridized carbons (Fsp3) is 0.900. The van der Waals surface area contributed by atoms with Crippen molar-refractivity contribution in [1.29, 1.82) is 0 Å². The number of nitrogens with one attached hydrogen (secondary N) is 1. The lowest BCUT2D eigenvalue weighted by atomic mass is 10.1. The van der Waals surface area contributed by atoms with Gasteiger partial charge in [0.1, 0.15) is 0 Å². The number of carbonyl (C=O) groups is 1. The summed E-state index contributed by atoms with van der Waals surface area (Å²) in [7, 11) is 0. The Morgan fingerprint density at radius 3 is 2.64 bits per heavy atom. The molecule has 3 N–H and O–H groups in total. The van der Waals surface area contributed by atoms with Gasteiger partial charge >= 0.3 is 0 Å². The number of hydrogen-bond acceptors (Lipinski definition) is 3. The molecule has 0 aromatic heterocycles. The van der Waals surface area contributed by atoms with Gasteiger partial charge in [-0.15, -0.1) is 0 Å².